The molecule has 1 saturated heterocycles. The zero-order valence-electron chi connectivity index (χ0n) is 12.4. The van der Waals surface area contributed by atoms with Crippen LogP contribution in [0.2, 0.25) is 0 Å². The fourth-order valence-electron chi connectivity index (χ4n) is 2.77. The molecule has 1 N–H and O–H groups in total. The number of nitrogens with one attached hydrogen (secondary N) is 1. The normalized spacial score (nSPS) is 17.5. The number of nitrogens with zero attached hydrogens (tertiary/aromatic N) is 2. The predicted octanol–water partition coefficient (Wildman–Crippen LogP) is 0.522. The maximum absolute atomic E-state index is 12.9. The van der Waals surface area contributed by atoms with Crippen LogP contribution in [-0.4, -0.2) is 43.5 Å². The fraction of sp³-hybridized carbons (Fsp3) is 0.400. The Hall–Kier alpha value is -1.70. The van der Waals surface area contributed by atoms with Crippen molar-refractivity contribution >= 4 is 20.8 Å². The molecule has 1 aromatic carbocycles. The molecule has 0 spiro atoms. The van der Waals surface area contributed by atoms with Gasteiger partial charge >= 0.3 is 0 Å². The van der Waals surface area contributed by atoms with Crippen molar-refractivity contribution in [2.45, 2.75) is 11.3 Å². The largest absolute Gasteiger partial charge is 0.318 e. The summed E-state index contributed by atoms with van der Waals surface area (Å²) >= 11 is 0. The maximum Gasteiger partial charge on any atom is 0.258 e. The second kappa shape index (κ2) is 5.83. The summed E-state index contributed by atoms with van der Waals surface area (Å²) in [6.45, 7) is 2.41. The van der Waals surface area contributed by atoms with Crippen LogP contribution in [0.4, 0.5) is 0 Å². The number of fused-ring (bicyclic) bond motifs is 1. The molecule has 0 unspecified atom stereocenters. The molecule has 6 nitrogen and oxygen atoms in total. The molecule has 0 radical (unpaired) electrons. The van der Waals surface area contributed by atoms with Gasteiger partial charge in [0.25, 0.3) is 5.56 Å². The van der Waals surface area contributed by atoms with E-state index in [1.54, 1.807) is 37.5 Å². The first-order valence-electron chi connectivity index (χ1n) is 7.31. The van der Waals surface area contributed by atoms with E-state index in [0.717, 1.165) is 13.0 Å². The molecule has 0 bridgehead atoms. The Morgan fingerprint density at radius 1 is 1.09 bits per heavy atom. The van der Waals surface area contributed by atoms with Gasteiger partial charge in [-0.25, -0.2) is 8.42 Å². The smallest absolute Gasteiger partial charge is 0.258 e. The van der Waals surface area contributed by atoms with Crippen molar-refractivity contribution in [1.29, 1.82) is 0 Å². The van der Waals surface area contributed by atoms with Gasteiger partial charge in [0.15, 0.2) is 0 Å². The molecular formula is C15H19N3O3S. The number of aromatic nitrogens is 1. The summed E-state index contributed by atoms with van der Waals surface area (Å²) in [4.78, 5) is 12.4. The zero-order valence-corrected chi connectivity index (χ0v) is 13.3. The zero-order chi connectivity index (χ0) is 15.7. The highest BCUT2D eigenvalue weighted by Crippen LogP contribution is 2.24. The molecule has 0 amide bonds. The van der Waals surface area contributed by atoms with E-state index in [4.69, 9.17) is 0 Å². The van der Waals surface area contributed by atoms with E-state index in [2.05, 4.69) is 5.32 Å². The van der Waals surface area contributed by atoms with E-state index in [-0.39, 0.29) is 10.5 Å². The predicted molar refractivity (Wildman–Crippen MR) is 85.4 cm³/mol. The minimum Gasteiger partial charge on any atom is -0.318 e. The Morgan fingerprint density at radius 2 is 1.91 bits per heavy atom. The molecular weight excluding hydrogens is 301 g/mol. The van der Waals surface area contributed by atoms with Crippen LogP contribution in [-0.2, 0) is 17.1 Å². The van der Waals surface area contributed by atoms with E-state index >= 15 is 0 Å². The van der Waals surface area contributed by atoms with Gasteiger partial charge in [-0.3, -0.25) is 4.79 Å². The van der Waals surface area contributed by atoms with Crippen LogP contribution in [0.3, 0.4) is 0 Å². The average molecular weight is 320 g/mol. The molecule has 0 atom stereocenters. The third-order valence-corrected chi connectivity index (χ3v) is 5.96. The van der Waals surface area contributed by atoms with Gasteiger partial charge in [0.2, 0.25) is 10.0 Å². The summed E-state index contributed by atoms with van der Waals surface area (Å²) in [5.74, 6) is 0. The number of aryl methyl sites for hydroxylation is 1. The van der Waals surface area contributed by atoms with Crippen LogP contribution in [0, 0.1) is 0 Å². The Bertz CT molecular complexity index is 850. The lowest BCUT2D eigenvalue weighted by Crippen LogP contribution is -2.34. The molecule has 2 heterocycles. The Kier molecular flexibility index (Phi) is 4.03. The number of hydrogen-bond donors (Lipinski definition) is 1. The SMILES string of the molecule is [11CH3]n1ccc2c(S(=O)(=O)N3CCCNCC3)cccc2c1=O. The van der Waals surface area contributed by atoms with Gasteiger partial charge in [0, 0.05) is 43.7 Å². The quantitative estimate of drug-likeness (QED) is 0.876. The molecule has 0 saturated carbocycles. The first-order valence-corrected chi connectivity index (χ1v) is 8.75. The standard InChI is InChI=1S/C15H19N3O3S/c1-17-10-6-12-13(15(17)19)4-2-5-14(12)22(20,21)18-9-3-7-16-8-11-18/h2,4-6,10,16H,3,7-9,11H2,1H3/i1-1. The van der Waals surface area contributed by atoms with E-state index in [1.165, 1.54) is 8.87 Å². The summed E-state index contributed by atoms with van der Waals surface area (Å²) in [5, 5.41) is 4.11. The van der Waals surface area contributed by atoms with Crippen molar-refractivity contribution in [3.05, 3.63) is 40.8 Å². The highest BCUT2D eigenvalue weighted by atomic mass is 32.2. The maximum atomic E-state index is 12.9. The number of pyridine rings is 1. The van der Waals surface area contributed by atoms with Gasteiger partial charge in [-0.15, -0.1) is 0 Å². The van der Waals surface area contributed by atoms with Crippen LogP contribution in [0.25, 0.3) is 10.8 Å². The van der Waals surface area contributed by atoms with E-state index < -0.39 is 10.0 Å². The van der Waals surface area contributed by atoms with Crippen LogP contribution >= 0.6 is 0 Å². The van der Waals surface area contributed by atoms with Crippen molar-refractivity contribution in [2.24, 2.45) is 7.05 Å². The molecule has 2 aromatic rings. The third kappa shape index (κ3) is 2.55. The van der Waals surface area contributed by atoms with Crippen LogP contribution in [0.1, 0.15) is 6.42 Å². The number of sulfonamides is 1. The first-order chi connectivity index (χ1) is 10.5. The van der Waals surface area contributed by atoms with Crippen molar-refractivity contribution < 1.29 is 8.42 Å². The van der Waals surface area contributed by atoms with E-state index in [0.29, 0.717) is 30.4 Å². The highest BCUT2D eigenvalue weighted by molar-refractivity contribution is 7.89. The van der Waals surface area contributed by atoms with Crippen LogP contribution < -0.4 is 10.9 Å². The fourth-order valence-corrected chi connectivity index (χ4v) is 4.46. The van der Waals surface area contributed by atoms with E-state index in [9.17, 15) is 13.2 Å². The number of benzene rings is 1. The van der Waals surface area contributed by atoms with Gasteiger partial charge in [-0.05, 0) is 31.2 Å². The molecule has 0 aliphatic carbocycles. The monoisotopic (exact) mass is 320 g/mol. The lowest BCUT2D eigenvalue weighted by molar-refractivity contribution is 0.432. The Balaban J connectivity index is 2.17. The minimum absolute atomic E-state index is 0.188. The molecule has 1 aromatic heterocycles. The summed E-state index contributed by atoms with van der Waals surface area (Å²) in [6.07, 6.45) is 2.39. The van der Waals surface area contributed by atoms with Gasteiger partial charge in [0.05, 0.1) is 4.90 Å². The van der Waals surface area contributed by atoms with Gasteiger partial charge < -0.3 is 9.88 Å². The van der Waals surface area contributed by atoms with Crippen molar-refractivity contribution in [1.82, 2.24) is 14.2 Å². The minimum atomic E-state index is -3.60. The molecule has 118 valence electrons. The summed E-state index contributed by atoms with van der Waals surface area (Å²) in [6, 6.07) is 6.57. The van der Waals surface area contributed by atoms with Crippen molar-refractivity contribution in [3.8, 4) is 0 Å². The molecule has 1 aliphatic heterocycles. The van der Waals surface area contributed by atoms with Crippen molar-refractivity contribution in [3.63, 3.8) is 0 Å². The van der Waals surface area contributed by atoms with Gasteiger partial charge in [0.1, 0.15) is 0 Å². The van der Waals surface area contributed by atoms with E-state index in [1.807, 2.05) is 0 Å². The lowest BCUT2D eigenvalue weighted by atomic mass is 10.1. The lowest BCUT2D eigenvalue weighted by Gasteiger charge is -2.20. The molecule has 3 rings (SSSR count). The summed E-state index contributed by atoms with van der Waals surface area (Å²) in [5.41, 5.74) is -0.188. The average Bonchev–Trinajstić information content (AvgIpc) is 2.80. The molecule has 7 heteroatoms. The highest BCUT2D eigenvalue weighted by Gasteiger charge is 2.27. The van der Waals surface area contributed by atoms with Gasteiger partial charge in [-0.2, -0.15) is 4.31 Å². The van der Waals surface area contributed by atoms with Gasteiger partial charge in [-0.1, -0.05) is 6.07 Å². The molecule has 1 fully saturated rings. The first kappa shape index (κ1) is 15.2. The summed E-state index contributed by atoms with van der Waals surface area (Å²) in [7, 11) is -1.94. The van der Waals surface area contributed by atoms with Crippen molar-refractivity contribution in [2.75, 3.05) is 26.2 Å². The number of hydrogen-bond acceptors (Lipinski definition) is 4. The van der Waals surface area contributed by atoms with Crippen LogP contribution in [0.5, 0.6) is 0 Å². The topological polar surface area (TPSA) is 71.4 Å². The second-order valence-corrected chi connectivity index (χ2v) is 7.36. The second-order valence-electron chi connectivity index (χ2n) is 5.46. The summed E-state index contributed by atoms with van der Waals surface area (Å²) < 4.78 is 28.8. The van der Waals surface area contributed by atoms with Crippen LogP contribution in [0.15, 0.2) is 40.2 Å². The third-order valence-electron chi connectivity index (χ3n) is 4.00. The molecule has 1 aliphatic rings. The molecule has 22 heavy (non-hydrogen) atoms. The Morgan fingerprint density at radius 3 is 2.73 bits per heavy atom. The number of rotatable bonds is 2. The Labute approximate surface area is 129 Å².